The van der Waals surface area contributed by atoms with Gasteiger partial charge < -0.3 is 10.1 Å². The highest BCUT2D eigenvalue weighted by Crippen LogP contribution is 2.16. The van der Waals surface area contributed by atoms with Crippen LogP contribution in [-0.4, -0.2) is 22.0 Å². The predicted octanol–water partition coefficient (Wildman–Crippen LogP) is 2.25. The fourth-order valence-corrected chi connectivity index (χ4v) is 1.53. The molecule has 1 N–H and O–H groups in total. The van der Waals surface area contributed by atoms with Gasteiger partial charge in [-0.15, -0.1) is 0 Å². The van der Waals surface area contributed by atoms with Crippen LogP contribution in [0.5, 0.6) is 5.75 Å². The normalized spacial score (nSPS) is 10.0. The van der Waals surface area contributed by atoms with E-state index >= 15 is 0 Å². The molecule has 0 saturated heterocycles. The highest BCUT2D eigenvalue weighted by molar-refractivity contribution is 9.10. The molecular formula is C11H11BrN4O. The molecule has 0 aliphatic rings. The zero-order valence-corrected chi connectivity index (χ0v) is 10.8. The van der Waals surface area contributed by atoms with Gasteiger partial charge in [-0.2, -0.15) is 0 Å². The molecule has 0 aliphatic carbocycles. The van der Waals surface area contributed by atoms with Crippen LogP contribution in [0.25, 0.3) is 0 Å². The maximum atomic E-state index is 5.53. The molecule has 0 atom stereocenters. The minimum absolute atomic E-state index is 0.370. The van der Waals surface area contributed by atoms with Crippen molar-refractivity contribution in [1.82, 2.24) is 15.0 Å². The average molecular weight is 295 g/mol. The molecule has 17 heavy (non-hydrogen) atoms. The van der Waals surface area contributed by atoms with E-state index in [4.69, 9.17) is 4.74 Å². The van der Waals surface area contributed by atoms with Gasteiger partial charge in [0.2, 0.25) is 0 Å². The average Bonchev–Trinajstić information content (AvgIpc) is 2.37. The predicted molar refractivity (Wildman–Crippen MR) is 67.8 cm³/mol. The van der Waals surface area contributed by atoms with Gasteiger partial charge in [0, 0.05) is 17.7 Å². The number of ether oxygens (including phenoxy) is 1. The number of hydrogen-bond acceptors (Lipinski definition) is 5. The molecule has 0 aromatic carbocycles. The molecule has 0 unspecified atom stereocenters. The number of nitrogens with zero attached hydrogens (tertiary/aromatic N) is 3. The standard InChI is InChI=1S/C11H11BrN4O/c1-13-11-6-15-9(4-16-11)7-17-10-2-8(12)3-14-5-10/h2-6H,7H2,1H3,(H,13,16). The molecule has 2 aromatic heterocycles. The molecule has 0 spiro atoms. The molecule has 0 bridgehead atoms. The smallest absolute Gasteiger partial charge is 0.144 e. The first kappa shape index (κ1) is 11.8. The van der Waals surface area contributed by atoms with E-state index in [1.165, 1.54) is 0 Å². The number of pyridine rings is 1. The summed E-state index contributed by atoms with van der Waals surface area (Å²) in [6.07, 6.45) is 6.70. The van der Waals surface area contributed by atoms with Crippen LogP contribution in [0, 0.1) is 0 Å². The van der Waals surface area contributed by atoms with E-state index in [0.717, 1.165) is 16.0 Å². The van der Waals surface area contributed by atoms with Crippen LogP contribution < -0.4 is 10.1 Å². The Bertz CT molecular complexity index is 489. The molecule has 2 aromatic rings. The lowest BCUT2D eigenvalue weighted by molar-refractivity contribution is 0.299. The van der Waals surface area contributed by atoms with Gasteiger partial charge in [-0.05, 0) is 22.0 Å². The Labute approximate surface area is 107 Å². The molecule has 0 saturated carbocycles. The van der Waals surface area contributed by atoms with Gasteiger partial charge in [0.1, 0.15) is 18.2 Å². The van der Waals surface area contributed by atoms with Crippen LogP contribution in [0.1, 0.15) is 5.69 Å². The lowest BCUT2D eigenvalue weighted by Crippen LogP contribution is -2.01. The second-order valence-electron chi connectivity index (χ2n) is 3.27. The van der Waals surface area contributed by atoms with Crippen molar-refractivity contribution in [2.45, 2.75) is 6.61 Å². The number of nitrogens with one attached hydrogen (secondary N) is 1. The van der Waals surface area contributed by atoms with Crippen LogP contribution >= 0.6 is 15.9 Å². The van der Waals surface area contributed by atoms with Crippen molar-refractivity contribution in [2.75, 3.05) is 12.4 Å². The summed E-state index contributed by atoms with van der Waals surface area (Å²) in [6, 6.07) is 1.85. The molecule has 0 radical (unpaired) electrons. The topological polar surface area (TPSA) is 59.9 Å². The van der Waals surface area contributed by atoms with E-state index < -0.39 is 0 Å². The van der Waals surface area contributed by atoms with E-state index in [-0.39, 0.29) is 0 Å². The van der Waals surface area contributed by atoms with Crippen LogP contribution in [0.3, 0.4) is 0 Å². The monoisotopic (exact) mass is 294 g/mol. The second-order valence-corrected chi connectivity index (χ2v) is 4.19. The Hall–Kier alpha value is -1.69. The van der Waals surface area contributed by atoms with Gasteiger partial charge >= 0.3 is 0 Å². The van der Waals surface area contributed by atoms with Crippen molar-refractivity contribution < 1.29 is 4.74 Å². The minimum atomic E-state index is 0.370. The maximum Gasteiger partial charge on any atom is 0.144 e. The van der Waals surface area contributed by atoms with Gasteiger partial charge in [-0.1, -0.05) is 0 Å². The fourth-order valence-electron chi connectivity index (χ4n) is 1.19. The van der Waals surface area contributed by atoms with Crippen molar-refractivity contribution in [3.05, 3.63) is 41.0 Å². The van der Waals surface area contributed by atoms with Gasteiger partial charge in [-0.3, -0.25) is 9.97 Å². The van der Waals surface area contributed by atoms with Gasteiger partial charge in [0.15, 0.2) is 0 Å². The Kier molecular flexibility index (Phi) is 3.87. The number of aromatic nitrogens is 3. The summed E-state index contributed by atoms with van der Waals surface area (Å²) in [5.74, 6) is 1.43. The van der Waals surface area contributed by atoms with Crippen LogP contribution in [0.4, 0.5) is 5.82 Å². The zero-order chi connectivity index (χ0) is 12.1. The van der Waals surface area contributed by atoms with Crippen molar-refractivity contribution in [2.24, 2.45) is 0 Å². The molecule has 0 aliphatic heterocycles. The molecule has 0 fully saturated rings. The fraction of sp³-hybridized carbons (Fsp3) is 0.182. The first-order valence-corrected chi connectivity index (χ1v) is 5.79. The lowest BCUT2D eigenvalue weighted by Gasteiger charge is -2.05. The lowest BCUT2D eigenvalue weighted by atomic mass is 10.4. The van der Waals surface area contributed by atoms with E-state index in [2.05, 4.69) is 36.2 Å². The molecule has 2 rings (SSSR count). The number of hydrogen-bond donors (Lipinski definition) is 1. The Morgan fingerprint density at radius 3 is 2.76 bits per heavy atom. The number of halogens is 1. The highest BCUT2D eigenvalue weighted by atomic mass is 79.9. The SMILES string of the molecule is CNc1cnc(COc2cncc(Br)c2)cn1. The maximum absolute atomic E-state index is 5.53. The summed E-state index contributed by atoms with van der Waals surface area (Å²) in [4.78, 5) is 12.4. The Balaban J connectivity index is 1.97. The van der Waals surface area contributed by atoms with Crippen molar-refractivity contribution >= 4 is 21.7 Å². The van der Waals surface area contributed by atoms with Crippen LogP contribution in [0.15, 0.2) is 35.3 Å². The van der Waals surface area contributed by atoms with E-state index in [9.17, 15) is 0 Å². The first-order valence-electron chi connectivity index (χ1n) is 5.00. The summed E-state index contributed by atoms with van der Waals surface area (Å²) >= 11 is 3.33. The van der Waals surface area contributed by atoms with Crippen molar-refractivity contribution in [1.29, 1.82) is 0 Å². The summed E-state index contributed by atoms with van der Waals surface area (Å²) < 4.78 is 6.41. The summed E-state index contributed by atoms with van der Waals surface area (Å²) in [7, 11) is 1.80. The largest absolute Gasteiger partial charge is 0.486 e. The number of rotatable bonds is 4. The van der Waals surface area contributed by atoms with Gasteiger partial charge in [0.05, 0.1) is 24.3 Å². The third-order valence-electron chi connectivity index (χ3n) is 2.03. The van der Waals surface area contributed by atoms with E-state index in [1.807, 2.05) is 6.07 Å². The van der Waals surface area contributed by atoms with E-state index in [1.54, 1.807) is 31.8 Å². The van der Waals surface area contributed by atoms with Gasteiger partial charge in [-0.25, -0.2) is 4.98 Å². The minimum Gasteiger partial charge on any atom is -0.486 e. The van der Waals surface area contributed by atoms with Crippen LogP contribution in [-0.2, 0) is 6.61 Å². The highest BCUT2D eigenvalue weighted by Gasteiger charge is 1.99. The van der Waals surface area contributed by atoms with Crippen molar-refractivity contribution in [3.63, 3.8) is 0 Å². The summed E-state index contributed by atoms with van der Waals surface area (Å²) in [5.41, 5.74) is 0.768. The number of anilines is 1. The molecule has 2 heterocycles. The third kappa shape index (κ3) is 3.39. The molecular weight excluding hydrogens is 284 g/mol. The van der Waals surface area contributed by atoms with Crippen LogP contribution in [0.2, 0.25) is 0 Å². The summed E-state index contributed by atoms with van der Waals surface area (Å²) in [6.45, 7) is 0.370. The first-order chi connectivity index (χ1) is 8.28. The van der Waals surface area contributed by atoms with E-state index in [0.29, 0.717) is 12.4 Å². The van der Waals surface area contributed by atoms with Gasteiger partial charge in [0.25, 0.3) is 0 Å². The third-order valence-corrected chi connectivity index (χ3v) is 2.46. The Morgan fingerprint density at radius 2 is 2.12 bits per heavy atom. The molecule has 5 nitrogen and oxygen atoms in total. The molecule has 0 amide bonds. The Morgan fingerprint density at radius 1 is 1.24 bits per heavy atom. The molecule has 6 heteroatoms. The molecule has 88 valence electrons. The zero-order valence-electron chi connectivity index (χ0n) is 9.22. The quantitative estimate of drug-likeness (QED) is 0.937. The summed E-state index contributed by atoms with van der Waals surface area (Å²) in [5, 5.41) is 2.90. The van der Waals surface area contributed by atoms with Crippen molar-refractivity contribution in [3.8, 4) is 5.75 Å². The second kappa shape index (κ2) is 5.58.